The smallest absolute Gasteiger partial charge is 0.311 e. The Hall–Kier alpha value is -0.500. The molecule has 3 heteroatoms. The van der Waals surface area contributed by atoms with Gasteiger partial charge in [-0.25, -0.2) is 0 Å². The van der Waals surface area contributed by atoms with Gasteiger partial charge in [0.2, 0.25) is 0 Å². The molecule has 1 saturated heterocycles. The molecule has 2 nitrogen and oxygen atoms in total. The van der Waals surface area contributed by atoms with Crippen molar-refractivity contribution in [1.82, 2.24) is 0 Å². The van der Waals surface area contributed by atoms with Crippen molar-refractivity contribution in [2.45, 2.75) is 12.3 Å². The number of carbonyl (C=O) groups excluding carboxylic acids is 1. The van der Waals surface area contributed by atoms with Crippen LogP contribution in [0, 0.1) is 17.8 Å². The summed E-state index contributed by atoms with van der Waals surface area (Å²) in [5.74, 6) is 0.262. The average Bonchev–Trinajstić information content (AvgIpc) is 2.41. The Morgan fingerprint density at radius 2 is 2.33 bits per heavy atom. The summed E-state index contributed by atoms with van der Waals surface area (Å²) in [5.41, 5.74) is 0. The average molecular weight is 187 g/mol. The highest BCUT2D eigenvalue weighted by atomic mass is 35.5. The van der Waals surface area contributed by atoms with E-state index in [1.807, 2.05) is 6.92 Å². The van der Waals surface area contributed by atoms with Gasteiger partial charge in [0, 0.05) is 5.92 Å². The van der Waals surface area contributed by atoms with Gasteiger partial charge in [0.1, 0.15) is 0 Å². The summed E-state index contributed by atoms with van der Waals surface area (Å²) in [7, 11) is 0. The van der Waals surface area contributed by atoms with E-state index in [1.165, 1.54) is 0 Å². The largest absolute Gasteiger partial charge is 0.465 e. The molecule has 66 valence electrons. The highest BCUT2D eigenvalue weighted by Gasteiger charge is 2.44. The molecule has 1 aliphatic carbocycles. The van der Waals surface area contributed by atoms with Crippen LogP contribution in [-0.2, 0) is 9.53 Å². The number of ether oxygens (including phenoxy) is 1. The van der Waals surface area contributed by atoms with Gasteiger partial charge in [-0.3, -0.25) is 4.79 Å². The second kappa shape index (κ2) is 2.77. The van der Waals surface area contributed by atoms with Gasteiger partial charge in [0.15, 0.2) is 0 Å². The fourth-order valence-corrected chi connectivity index (χ4v) is 2.22. The minimum atomic E-state index is -0.129. The van der Waals surface area contributed by atoms with Gasteiger partial charge in [-0.1, -0.05) is 19.1 Å². The molecule has 4 atom stereocenters. The fourth-order valence-electron chi connectivity index (χ4n) is 1.85. The van der Waals surface area contributed by atoms with Crippen LogP contribution in [0.15, 0.2) is 12.2 Å². The SMILES string of the molecule is C[C@@H]1C=C[C@@H]2COC(=O)[C@@H]2[C@H]1Cl. The van der Waals surface area contributed by atoms with Gasteiger partial charge >= 0.3 is 5.97 Å². The maximum atomic E-state index is 11.2. The van der Waals surface area contributed by atoms with E-state index in [4.69, 9.17) is 16.3 Å². The first kappa shape index (κ1) is 8.11. The number of hydrogen-bond acceptors (Lipinski definition) is 2. The zero-order valence-electron chi connectivity index (χ0n) is 6.87. The number of rotatable bonds is 0. The molecule has 0 aromatic carbocycles. The van der Waals surface area contributed by atoms with Crippen molar-refractivity contribution in [2.75, 3.05) is 6.61 Å². The molecule has 0 aromatic heterocycles. The number of fused-ring (bicyclic) bond motifs is 1. The predicted molar refractivity (Wildman–Crippen MR) is 45.9 cm³/mol. The predicted octanol–water partition coefficient (Wildman–Crippen LogP) is 1.59. The van der Waals surface area contributed by atoms with Gasteiger partial charge in [0.25, 0.3) is 0 Å². The Balaban J connectivity index is 2.27. The topological polar surface area (TPSA) is 26.3 Å². The van der Waals surface area contributed by atoms with E-state index in [-0.39, 0.29) is 29.1 Å². The molecule has 1 aliphatic heterocycles. The summed E-state index contributed by atoms with van der Waals surface area (Å²) in [6.45, 7) is 2.53. The quantitative estimate of drug-likeness (QED) is 0.326. The maximum absolute atomic E-state index is 11.2. The van der Waals surface area contributed by atoms with Crippen molar-refractivity contribution in [1.29, 1.82) is 0 Å². The number of hydrogen-bond donors (Lipinski definition) is 0. The van der Waals surface area contributed by atoms with Crippen LogP contribution in [-0.4, -0.2) is 18.0 Å². The van der Waals surface area contributed by atoms with E-state index in [2.05, 4.69) is 12.2 Å². The fraction of sp³-hybridized carbons (Fsp3) is 0.667. The number of alkyl halides is 1. The minimum Gasteiger partial charge on any atom is -0.465 e. The molecule has 0 saturated carbocycles. The lowest BCUT2D eigenvalue weighted by atomic mass is 9.81. The summed E-state index contributed by atoms with van der Waals surface area (Å²) < 4.78 is 4.94. The molecular weight excluding hydrogens is 176 g/mol. The molecule has 12 heavy (non-hydrogen) atoms. The highest BCUT2D eigenvalue weighted by molar-refractivity contribution is 6.22. The lowest BCUT2D eigenvalue weighted by molar-refractivity contribution is -0.141. The van der Waals surface area contributed by atoms with Gasteiger partial charge in [0.05, 0.1) is 17.9 Å². The third-order valence-electron chi connectivity index (χ3n) is 2.66. The van der Waals surface area contributed by atoms with E-state index in [9.17, 15) is 4.79 Å². The Bertz CT molecular complexity index is 237. The van der Waals surface area contributed by atoms with E-state index in [1.54, 1.807) is 0 Å². The Kier molecular flexibility index (Phi) is 1.87. The van der Waals surface area contributed by atoms with Crippen LogP contribution in [0.5, 0.6) is 0 Å². The van der Waals surface area contributed by atoms with Gasteiger partial charge in [-0.2, -0.15) is 0 Å². The van der Waals surface area contributed by atoms with Crippen molar-refractivity contribution >= 4 is 17.6 Å². The molecule has 0 N–H and O–H groups in total. The molecule has 0 unspecified atom stereocenters. The zero-order valence-corrected chi connectivity index (χ0v) is 7.62. The molecule has 0 radical (unpaired) electrons. The van der Waals surface area contributed by atoms with E-state index in [0.29, 0.717) is 6.61 Å². The van der Waals surface area contributed by atoms with Crippen LogP contribution in [0.25, 0.3) is 0 Å². The van der Waals surface area contributed by atoms with Crippen LogP contribution in [0.3, 0.4) is 0 Å². The molecule has 2 rings (SSSR count). The summed E-state index contributed by atoms with van der Waals surface area (Å²) in [4.78, 5) is 11.2. The first-order valence-electron chi connectivity index (χ1n) is 4.19. The van der Waals surface area contributed by atoms with E-state index >= 15 is 0 Å². The molecule has 1 fully saturated rings. The van der Waals surface area contributed by atoms with Crippen LogP contribution >= 0.6 is 11.6 Å². The minimum absolute atomic E-state index is 0.0880. The normalized spacial score (nSPS) is 45.7. The molecule has 0 amide bonds. The van der Waals surface area contributed by atoms with Crippen molar-refractivity contribution < 1.29 is 9.53 Å². The second-order valence-corrected chi connectivity index (χ2v) is 4.01. The number of esters is 1. The lowest BCUT2D eigenvalue weighted by Gasteiger charge is -2.26. The molecule has 0 spiro atoms. The Morgan fingerprint density at radius 3 is 3.08 bits per heavy atom. The zero-order chi connectivity index (χ0) is 8.72. The molecule has 1 heterocycles. The highest BCUT2D eigenvalue weighted by Crippen LogP contribution is 2.37. The summed E-state index contributed by atoms with van der Waals surface area (Å²) >= 11 is 6.11. The number of allylic oxidation sites excluding steroid dienone is 1. The van der Waals surface area contributed by atoms with Crippen LogP contribution < -0.4 is 0 Å². The van der Waals surface area contributed by atoms with Crippen LogP contribution in [0.4, 0.5) is 0 Å². The van der Waals surface area contributed by atoms with Crippen LogP contribution in [0.1, 0.15) is 6.92 Å². The second-order valence-electron chi connectivity index (χ2n) is 3.51. The maximum Gasteiger partial charge on any atom is 0.311 e. The molecule has 0 bridgehead atoms. The standard InChI is InChI=1S/C9H11ClO2/c1-5-2-3-6-4-12-9(11)7(6)8(5)10/h2-3,5-8H,4H2,1H3/t5-,6-,7+,8+/m1/s1. The summed E-state index contributed by atoms with van der Waals surface area (Å²) in [5, 5.41) is -0.0880. The first-order valence-corrected chi connectivity index (χ1v) is 4.63. The van der Waals surface area contributed by atoms with Crippen molar-refractivity contribution in [3.8, 4) is 0 Å². The number of halogens is 1. The summed E-state index contributed by atoms with van der Waals surface area (Å²) in [6.07, 6.45) is 4.12. The van der Waals surface area contributed by atoms with E-state index in [0.717, 1.165) is 0 Å². The third kappa shape index (κ3) is 1.06. The molecular formula is C9H11ClO2. The van der Waals surface area contributed by atoms with Crippen LogP contribution in [0.2, 0.25) is 0 Å². The molecule has 0 aromatic rings. The first-order chi connectivity index (χ1) is 5.70. The number of cyclic esters (lactones) is 1. The Morgan fingerprint density at radius 1 is 1.58 bits per heavy atom. The van der Waals surface area contributed by atoms with Gasteiger partial charge in [-0.15, -0.1) is 11.6 Å². The Labute approximate surface area is 76.5 Å². The lowest BCUT2D eigenvalue weighted by Crippen LogP contribution is -2.32. The van der Waals surface area contributed by atoms with Crippen molar-refractivity contribution in [2.24, 2.45) is 17.8 Å². The van der Waals surface area contributed by atoms with Gasteiger partial charge in [-0.05, 0) is 5.92 Å². The molecule has 2 aliphatic rings. The van der Waals surface area contributed by atoms with E-state index < -0.39 is 0 Å². The third-order valence-corrected chi connectivity index (χ3v) is 3.33. The van der Waals surface area contributed by atoms with Gasteiger partial charge < -0.3 is 4.74 Å². The van der Waals surface area contributed by atoms with Crippen molar-refractivity contribution in [3.63, 3.8) is 0 Å². The summed E-state index contributed by atoms with van der Waals surface area (Å²) in [6, 6.07) is 0. The number of carbonyl (C=O) groups is 1. The van der Waals surface area contributed by atoms with Crippen molar-refractivity contribution in [3.05, 3.63) is 12.2 Å². The monoisotopic (exact) mass is 186 g/mol.